The van der Waals surface area contributed by atoms with Crippen molar-refractivity contribution in [1.29, 1.82) is 0 Å². The second-order valence-corrected chi connectivity index (χ2v) is 5.50. The van der Waals surface area contributed by atoms with Crippen LogP contribution in [0, 0.1) is 5.41 Å². The number of nitrogens with two attached hydrogens (primary N) is 1. The lowest BCUT2D eigenvalue weighted by Crippen LogP contribution is -2.41. The van der Waals surface area contributed by atoms with Crippen LogP contribution in [-0.2, 0) is 9.53 Å². The Bertz CT molecular complexity index is 708. The Morgan fingerprint density at radius 2 is 1.96 bits per heavy atom. The molecular formula is C17H22N2O4. The molecule has 3 N–H and O–H groups in total. The van der Waals surface area contributed by atoms with E-state index >= 15 is 0 Å². The normalized spacial score (nSPS) is 11.5. The smallest absolute Gasteiger partial charge is 0.373 e. The van der Waals surface area contributed by atoms with Crippen LogP contribution in [0.15, 0.2) is 28.7 Å². The summed E-state index contributed by atoms with van der Waals surface area (Å²) < 4.78 is 10.0. The van der Waals surface area contributed by atoms with Crippen molar-refractivity contribution in [2.24, 2.45) is 11.1 Å². The molecule has 0 saturated carbocycles. The van der Waals surface area contributed by atoms with Crippen molar-refractivity contribution in [2.75, 3.05) is 19.0 Å². The van der Waals surface area contributed by atoms with E-state index in [9.17, 15) is 9.59 Å². The van der Waals surface area contributed by atoms with Crippen LogP contribution in [0.1, 0.15) is 37.2 Å². The van der Waals surface area contributed by atoms with Crippen molar-refractivity contribution in [3.8, 4) is 0 Å². The predicted octanol–water partition coefficient (Wildman–Crippen LogP) is 2.92. The van der Waals surface area contributed by atoms with Crippen LogP contribution in [-0.4, -0.2) is 25.5 Å². The fourth-order valence-electron chi connectivity index (χ4n) is 2.54. The van der Waals surface area contributed by atoms with Gasteiger partial charge in [-0.25, -0.2) is 4.79 Å². The number of anilines is 1. The second kappa shape index (κ2) is 6.83. The van der Waals surface area contributed by atoms with E-state index in [4.69, 9.17) is 10.2 Å². The van der Waals surface area contributed by atoms with Gasteiger partial charge in [-0.3, -0.25) is 4.79 Å². The predicted molar refractivity (Wildman–Crippen MR) is 88.3 cm³/mol. The first-order chi connectivity index (χ1) is 11.0. The number of rotatable bonds is 6. The molecule has 1 amide bonds. The van der Waals surface area contributed by atoms with Crippen molar-refractivity contribution >= 4 is 28.5 Å². The zero-order chi connectivity index (χ0) is 17.0. The summed E-state index contributed by atoms with van der Waals surface area (Å²) in [5.74, 6) is -0.503. The third-order valence-electron chi connectivity index (χ3n) is 4.39. The van der Waals surface area contributed by atoms with Crippen LogP contribution in [0.25, 0.3) is 11.0 Å². The number of fused-ring (bicyclic) bond motifs is 1. The number of carbonyl (C=O) groups excluding carboxylic acids is 2. The quantitative estimate of drug-likeness (QED) is 0.799. The van der Waals surface area contributed by atoms with E-state index in [2.05, 4.69) is 10.1 Å². The van der Waals surface area contributed by atoms with Gasteiger partial charge in [-0.15, -0.1) is 0 Å². The first-order valence-corrected chi connectivity index (χ1v) is 7.63. The molecule has 6 heteroatoms. The lowest BCUT2D eigenvalue weighted by Gasteiger charge is -2.28. The Balaban J connectivity index is 2.27. The number of benzene rings is 1. The van der Waals surface area contributed by atoms with Crippen LogP contribution in [0.4, 0.5) is 5.69 Å². The van der Waals surface area contributed by atoms with Crippen molar-refractivity contribution in [3.05, 3.63) is 30.0 Å². The molecule has 1 heterocycles. The van der Waals surface area contributed by atoms with Crippen molar-refractivity contribution in [3.63, 3.8) is 0 Å². The first-order valence-electron chi connectivity index (χ1n) is 7.63. The zero-order valence-corrected chi connectivity index (χ0v) is 13.6. The second-order valence-electron chi connectivity index (χ2n) is 5.50. The lowest BCUT2D eigenvalue weighted by molar-refractivity contribution is -0.125. The standard InChI is InChI=1S/C17H22N2O4/c1-4-17(5-2,10-18)16(21)19-12-6-7-13-11(8-12)9-14(23-13)15(20)22-3/h6-9H,4-5,10,18H2,1-3H3,(H,19,21). The molecule has 0 fully saturated rings. The van der Waals surface area contributed by atoms with Gasteiger partial charge >= 0.3 is 5.97 Å². The SMILES string of the molecule is CCC(CC)(CN)C(=O)Nc1ccc2oc(C(=O)OC)cc2c1. The highest BCUT2D eigenvalue weighted by molar-refractivity contribution is 5.98. The Hall–Kier alpha value is -2.34. The molecule has 23 heavy (non-hydrogen) atoms. The molecule has 1 aromatic heterocycles. The minimum Gasteiger partial charge on any atom is -0.463 e. The van der Waals surface area contributed by atoms with Crippen LogP contribution in [0.2, 0.25) is 0 Å². The maximum atomic E-state index is 12.5. The fraction of sp³-hybridized carbons (Fsp3) is 0.412. The van der Waals surface area contributed by atoms with Gasteiger partial charge in [0.1, 0.15) is 5.58 Å². The Labute approximate surface area is 135 Å². The number of amides is 1. The summed E-state index contributed by atoms with van der Waals surface area (Å²) >= 11 is 0. The van der Waals surface area contributed by atoms with Crippen molar-refractivity contribution < 1.29 is 18.7 Å². The van der Waals surface area contributed by atoms with Crippen LogP contribution in [0.5, 0.6) is 0 Å². The highest BCUT2D eigenvalue weighted by atomic mass is 16.5. The molecule has 1 aromatic carbocycles. The summed E-state index contributed by atoms with van der Waals surface area (Å²) in [7, 11) is 1.29. The van der Waals surface area contributed by atoms with Gasteiger partial charge in [0.2, 0.25) is 11.7 Å². The third-order valence-corrected chi connectivity index (χ3v) is 4.39. The van der Waals surface area contributed by atoms with Crippen molar-refractivity contribution in [2.45, 2.75) is 26.7 Å². The summed E-state index contributed by atoms with van der Waals surface area (Å²) in [5.41, 5.74) is 6.43. The first kappa shape index (κ1) is 17.0. The Kier molecular flexibility index (Phi) is 5.05. The van der Waals surface area contributed by atoms with Crippen LogP contribution < -0.4 is 11.1 Å². The number of hydrogen-bond donors (Lipinski definition) is 2. The molecule has 2 rings (SSSR count). The van der Waals surface area contributed by atoms with E-state index in [-0.39, 0.29) is 11.7 Å². The number of nitrogens with one attached hydrogen (secondary N) is 1. The molecule has 0 saturated heterocycles. The van der Waals surface area contributed by atoms with Gasteiger partial charge in [0.05, 0.1) is 12.5 Å². The average molecular weight is 318 g/mol. The summed E-state index contributed by atoms with van der Waals surface area (Å²) in [6, 6.07) is 6.79. The maximum Gasteiger partial charge on any atom is 0.373 e. The minimum atomic E-state index is -0.567. The van der Waals surface area contributed by atoms with Crippen LogP contribution >= 0.6 is 0 Å². The number of carbonyl (C=O) groups is 2. The number of furan rings is 1. The number of esters is 1. The zero-order valence-electron chi connectivity index (χ0n) is 13.6. The number of ether oxygens (including phenoxy) is 1. The molecule has 0 aliphatic heterocycles. The summed E-state index contributed by atoms with van der Waals surface area (Å²) in [6.07, 6.45) is 1.35. The van der Waals surface area contributed by atoms with Gasteiger partial charge in [0.15, 0.2) is 0 Å². The monoisotopic (exact) mass is 318 g/mol. The van der Waals surface area contributed by atoms with E-state index in [1.54, 1.807) is 24.3 Å². The van der Waals surface area contributed by atoms with Gasteiger partial charge < -0.3 is 20.2 Å². The van der Waals surface area contributed by atoms with E-state index in [1.165, 1.54) is 7.11 Å². The van der Waals surface area contributed by atoms with Gasteiger partial charge in [-0.1, -0.05) is 13.8 Å². The van der Waals surface area contributed by atoms with Crippen LogP contribution in [0.3, 0.4) is 0 Å². The van der Waals surface area contributed by atoms with E-state index < -0.39 is 11.4 Å². The molecule has 0 spiro atoms. The summed E-state index contributed by atoms with van der Waals surface area (Å²) in [5, 5.41) is 3.62. The number of methoxy groups -OCH3 is 1. The molecule has 124 valence electrons. The molecule has 0 unspecified atom stereocenters. The van der Waals surface area contributed by atoms with Gasteiger partial charge in [-0.05, 0) is 37.1 Å². The highest BCUT2D eigenvalue weighted by Gasteiger charge is 2.33. The van der Waals surface area contributed by atoms with E-state index in [1.807, 2.05) is 13.8 Å². The van der Waals surface area contributed by atoms with Crippen molar-refractivity contribution in [1.82, 2.24) is 0 Å². The molecule has 6 nitrogen and oxygen atoms in total. The Morgan fingerprint density at radius 3 is 2.52 bits per heavy atom. The fourth-order valence-corrected chi connectivity index (χ4v) is 2.54. The molecular weight excluding hydrogens is 296 g/mol. The van der Waals surface area contributed by atoms with Gasteiger partial charge in [-0.2, -0.15) is 0 Å². The Morgan fingerprint density at radius 1 is 1.26 bits per heavy atom. The molecule has 0 bridgehead atoms. The summed E-state index contributed by atoms with van der Waals surface area (Å²) in [6.45, 7) is 4.21. The van der Waals surface area contributed by atoms with Gasteiger partial charge in [0.25, 0.3) is 0 Å². The van der Waals surface area contributed by atoms with E-state index in [0.29, 0.717) is 30.7 Å². The molecule has 2 aromatic rings. The van der Waals surface area contributed by atoms with Gasteiger partial charge in [0, 0.05) is 17.6 Å². The third kappa shape index (κ3) is 3.22. The molecule has 0 aliphatic carbocycles. The minimum absolute atomic E-state index is 0.0963. The highest BCUT2D eigenvalue weighted by Crippen LogP contribution is 2.28. The number of hydrogen-bond acceptors (Lipinski definition) is 5. The lowest BCUT2D eigenvalue weighted by atomic mass is 9.81. The largest absolute Gasteiger partial charge is 0.463 e. The maximum absolute atomic E-state index is 12.5. The molecule has 0 aliphatic rings. The van der Waals surface area contributed by atoms with E-state index in [0.717, 1.165) is 5.39 Å². The topological polar surface area (TPSA) is 94.6 Å². The summed E-state index contributed by atoms with van der Waals surface area (Å²) in [4.78, 5) is 24.0. The molecule has 0 radical (unpaired) electrons. The average Bonchev–Trinajstić information content (AvgIpc) is 2.99. The molecule has 0 atom stereocenters.